The van der Waals surface area contributed by atoms with Crippen LogP contribution >= 0.6 is 24.8 Å². The van der Waals surface area contributed by atoms with Gasteiger partial charge in [0.05, 0.1) is 11.0 Å². The van der Waals surface area contributed by atoms with Crippen molar-refractivity contribution in [3.63, 3.8) is 0 Å². The molecule has 1 saturated carbocycles. The summed E-state index contributed by atoms with van der Waals surface area (Å²) >= 11 is 0. The lowest BCUT2D eigenvalue weighted by Gasteiger charge is -2.65. The number of phenols is 1. The van der Waals surface area contributed by atoms with E-state index in [1.165, 1.54) is 0 Å². The number of methoxy groups -OCH3 is 1. The molecule has 0 aromatic heterocycles. The van der Waals surface area contributed by atoms with Gasteiger partial charge in [-0.25, -0.2) is 0 Å². The molecule has 2 aliphatic heterocycles. The van der Waals surface area contributed by atoms with Crippen LogP contribution in [0.1, 0.15) is 43.2 Å². The predicted octanol–water partition coefficient (Wildman–Crippen LogP) is 1.95. The fourth-order valence-corrected chi connectivity index (χ4v) is 7.11. The second kappa shape index (κ2) is 9.35. The van der Waals surface area contributed by atoms with Gasteiger partial charge in [0.1, 0.15) is 12.1 Å². The number of aliphatic carboxylic acids is 2. The predicted molar refractivity (Wildman–Crippen MR) is 128 cm³/mol. The van der Waals surface area contributed by atoms with Crippen LogP contribution in [0, 0.1) is 0 Å². The molecule has 1 aromatic carbocycles. The van der Waals surface area contributed by atoms with Gasteiger partial charge in [0, 0.05) is 31.2 Å². The highest BCUT2D eigenvalue weighted by atomic mass is 35.5. The van der Waals surface area contributed by atoms with Crippen LogP contribution in [0.25, 0.3) is 0 Å². The van der Waals surface area contributed by atoms with Crippen molar-refractivity contribution in [1.29, 1.82) is 0 Å². The molecular formula is C23H32Cl2N2O7. The zero-order chi connectivity index (χ0) is 22.8. The molecular weight excluding hydrogens is 487 g/mol. The highest BCUT2D eigenvalue weighted by molar-refractivity contribution is 5.85. The Balaban J connectivity index is 0.00000162. The van der Waals surface area contributed by atoms with E-state index >= 15 is 0 Å². The van der Waals surface area contributed by atoms with Crippen molar-refractivity contribution >= 4 is 36.8 Å². The summed E-state index contributed by atoms with van der Waals surface area (Å²) in [7, 11) is 3.86. The van der Waals surface area contributed by atoms with Crippen molar-refractivity contribution in [3.8, 4) is 11.5 Å². The molecule has 4 N–H and O–H groups in total. The highest BCUT2D eigenvalue weighted by Gasteiger charge is 2.73. The van der Waals surface area contributed by atoms with Crippen LogP contribution in [0.2, 0.25) is 0 Å². The van der Waals surface area contributed by atoms with Gasteiger partial charge in [-0.3, -0.25) is 14.9 Å². The SMILES string of the molecule is CO[C@@]12CC[C@@H](N[C@@H](CCC(=O)O)C(=O)O)[C@@H]3Oc4c(O)ccc5c4[C@@]31CCN(C)[C@@H]2C5.Cl.Cl. The Morgan fingerprint density at radius 2 is 2.03 bits per heavy atom. The van der Waals surface area contributed by atoms with Crippen LogP contribution < -0.4 is 10.1 Å². The van der Waals surface area contributed by atoms with Gasteiger partial charge in [-0.2, -0.15) is 0 Å². The molecule has 34 heavy (non-hydrogen) atoms. The Kier molecular flexibility index (Phi) is 7.38. The summed E-state index contributed by atoms with van der Waals surface area (Å²) in [6.45, 7) is 0.846. The van der Waals surface area contributed by atoms with E-state index in [-0.39, 0.29) is 55.5 Å². The first-order valence-corrected chi connectivity index (χ1v) is 11.2. The second-order valence-electron chi connectivity index (χ2n) is 9.64. The van der Waals surface area contributed by atoms with Crippen LogP contribution in [0.15, 0.2) is 12.1 Å². The molecule has 2 bridgehead atoms. The smallest absolute Gasteiger partial charge is 0.320 e. The second-order valence-corrected chi connectivity index (χ2v) is 9.64. The van der Waals surface area contributed by atoms with Crippen molar-refractivity contribution in [2.45, 2.75) is 73.8 Å². The molecule has 0 unspecified atom stereocenters. The lowest BCUT2D eigenvalue weighted by atomic mass is 9.48. The number of benzene rings is 1. The lowest BCUT2D eigenvalue weighted by molar-refractivity contribution is -0.204. The average Bonchev–Trinajstić information content (AvgIpc) is 3.11. The summed E-state index contributed by atoms with van der Waals surface area (Å²) in [6.07, 6.45) is 2.27. The summed E-state index contributed by atoms with van der Waals surface area (Å²) in [6, 6.07) is 2.49. The molecule has 1 saturated heterocycles. The molecule has 0 amide bonds. The van der Waals surface area contributed by atoms with Gasteiger partial charge in [-0.1, -0.05) is 6.07 Å². The molecule has 0 radical (unpaired) electrons. The highest BCUT2D eigenvalue weighted by Crippen LogP contribution is 2.66. The third kappa shape index (κ3) is 3.47. The van der Waals surface area contributed by atoms with E-state index in [4.69, 9.17) is 14.6 Å². The third-order valence-corrected chi connectivity index (χ3v) is 8.41. The van der Waals surface area contributed by atoms with Crippen LogP contribution in [0.5, 0.6) is 11.5 Å². The number of hydrogen-bond acceptors (Lipinski definition) is 7. The summed E-state index contributed by atoms with van der Waals surface area (Å²) in [5, 5.41) is 32.6. The maximum atomic E-state index is 11.9. The Morgan fingerprint density at radius 1 is 1.29 bits per heavy atom. The molecule has 2 aliphatic carbocycles. The number of rotatable bonds is 7. The topological polar surface area (TPSA) is 129 Å². The van der Waals surface area contributed by atoms with E-state index in [1.807, 2.05) is 6.07 Å². The van der Waals surface area contributed by atoms with E-state index in [0.717, 1.165) is 36.9 Å². The number of hydrogen-bond donors (Lipinski definition) is 4. The number of ether oxygens (including phenoxy) is 2. The van der Waals surface area contributed by atoms with Gasteiger partial charge in [0.15, 0.2) is 11.5 Å². The van der Waals surface area contributed by atoms with E-state index in [9.17, 15) is 19.8 Å². The maximum absolute atomic E-state index is 11.9. The monoisotopic (exact) mass is 518 g/mol. The number of phenolic OH excluding ortho intramolecular Hbond substituents is 1. The molecule has 190 valence electrons. The van der Waals surface area contributed by atoms with Gasteiger partial charge in [-0.15, -0.1) is 24.8 Å². The van der Waals surface area contributed by atoms with E-state index in [2.05, 4.69) is 17.3 Å². The number of piperidine rings is 1. The van der Waals surface area contributed by atoms with Crippen molar-refractivity contribution in [1.82, 2.24) is 10.2 Å². The third-order valence-electron chi connectivity index (χ3n) is 8.41. The van der Waals surface area contributed by atoms with Gasteiger partial charge in [-0.05, 0) is 57.3 Å². The molecule has 2 heterocycles. The minimum Gasteiger partial charge on any atom is -0.504 e. The van der Waals surface area contributed by atoms with Crippen molar-refractivity contribution < 1.29 is 34.4 Å². The lowest BCUT2D eigenvalue weighted by Crippen LogP contribution is -2.78. The number of likely N-dealkylation sites (tertiary alicyclic amines) is 1. The largest absolute Gasteiger partial charge is 0.504 e. The molecule has 2 fully saturated rings. The first-order valence-electron chi connectivity index (χ1n) is 11.2. The van der Waals surface area contributed by atoms with E-state index < -0.39 is 35.1 Å². The quantitative estimate of drug-likeness (QED) is 0.427. The molecule has 5 rings (SSSR count). The Labute approximate surface area is 210 Å². The zero-order valence-corrected chi connectivity index (χ0v) is 20.8. The number of aromatic hydroxyl groups is 1. The number of carbonyl (C=O) groups is 2. The number of nitrogens with zero attached hydrogens (tertiary/aromatic N) is 1. The normalized spacial score (nSPS) is 33.5. The average molecular weight is 519 g/mol. The zero-order valence-electron chi connectivity index (χ0n) is 19.2. The molecule has 11 heteroatoms. The van der Waals surface area contributed by atoms with Crippen LogP contribution in [0.3, 0.4) is 0 Å². The fourth-order valence-electron chi connectivity index (χ4n) is 7.11. The van der Waals surface area contributed by atoms with Crippen LogP contribution in [0.4, 0.5) is 0 Å². The standard InChI is InChI=1S/C23H30N2O7.2ClH/c1-25-10-9-22-18-12-3-5-15(26)19(18)32-20(22)13(7-8-23(22,31-2)16(25)11-12)24-14(21(29)30)4-6-17(27)28;;/h3,5,13-14,16,20,24,26H,4,6-11H2,1-2H3,(H,27,28)(H,29,30);2*1H/t13-,14+,16-,20+,22+,23-;;/m1../s1. The minimum atomic E-state index is -1.07. The molecule has 6 atom stereocenters. The van der Waals surface area contributed by atoms with Gasteiger partial charge in [0.2, 0.25) is 0 Å². The number of nitrogens with one attached hydrogen (secondary N) is 1. The maximum Gasteiger partial charge on any atom is 0.320 e. The summed E-state index contributed by atoms with van der Waals surface area (Å²) in [4.78, 5) is 25.3. The molecule has 1 aromatic rings. The van der Waals surface area contributed by atoms with Gasteiger partial charge >= 0.3 is 11.9 Å². The van der Waals surface area contributed by atoms with E-state index in [0.29, 0.717) is 12.2 Å². The summed E-state index contributed by atoms with van der Waals surface area (Å²) in [5.41, 5.74) is 1.14. The first-order chi connectivity index (χ1) is 15.2. The summed E-state index contributed by atoms with van der Waals surface area (Å²) in [5.74, 6) is -1.52. The Bertz CT molecular complexity index is 979. The van der Waals surface area contributed by atoms with Crippen LogP contribution in [-0.2, 0) is 26.2 Å². The molecule has 9 nitrogen and oxygen atoms in total. The van der Waals surface area contributed by atoms with Gasteiger partial charge in [0.25, 0.3) is 0 Å². The van der Waals surface area contributed by atoms with E-state index in [1.54, 1.807) is 13.2 Å². The number of likely N-dealkylation sites (N-methyl/N-ethyl adjacent to an activating group) is 1. The summed E-state index contributed by atoms with van der Waals surface area (Å²) < 4.78 is 12.8. The molecule has 1 spiro atoms. The van der Waals surface area contributed by atoms with Crippen molar-refractivity contribution in [3.05, 3.63) is 23.3 Å². The van der Waals surface area contributed by atoms with Crippen molar-refractivity contribution in [2.75, 3.05) is 20.7 Å². The first kappa shape index (κ1) is 26.8. The minimum absolute atomic E-state index is 0. The van der Waals surface area contributed by atoms with Gasteiger partial charge < -0.3 is 29.7 Å². The fraction of sp³-hybridized carbons (Fsp3) is 0.652. The number of halogens is 2. The number of carboxylic acid groups (broad SMARTS) is 2. The number of carboxylic acids is 2. The van der Waals surface area contributed by atoms with Crippen molar-refractivity contribution in [2.24, 2.45) is 0 Å². The molecule has 4 aliphatic rings. The van der Waals surface area contributed by atoms with Crippen LogP contribution in [-0.4, -0.2) is 82.7 Å². The Morgan fingerprint density at radius 3 is 2.68 bits per heavy atom. The Hall–Kier alpha value is -1.78.